The summed E-state index contributed by atoms with van der Waals surface area (Å²) in [6.45, 7) is 4.41. The Hall–Kier alpha value is -3.14. The Morgan fingerprint density at radius 2 is 2.08 bits per heavy atom. The molecule has 0 atom stereocenters. The molecular formula is C19H21N5O2. The number of benzene rings is 1. The molecule has 0 saturated heterocycles. The first-order valence-corrected chi connectivity index (χ1v) is 8.37. The summed E-state index contributed by atoms with van der Waals surface area (Å²) in [6, 6.07) is 7.85. The van der Waals surface area contributed by atoms with Gasteiger partial charge in [0.15, 0.2) is 0 Å². The molecule has 1 aromatic carbocycles. The van der Waals surface area contributed by atoms with Crippen LogP contribution in [0.2, 0.25) is 0 Å². The largest absolute Gasteiger partial charge is 0.497 e. The van der Waals surface area contributed by atoms with Crippen molar-refractivity contribution in [2.24, 2.45) is 5.16 Å². The van der Waals surface area contributed by atoms with Gasteiger partial charge in [-0.1, -0.05) is 5.16 Å². The molecule has 2 N–H and O–H groups in total. The summed E-state index contributed by atoms with van der Waals surface area (Å²) >= 11 is 0. The second kappa shape index (κ2) is 7.00. The highest BCUT2D eigenvalue weighted by molar-refractivity contribution is 6.15. The molecule has 3 rings (SSSR count). The van der Waals surface area contributed by atoms with Crippen LogP contribution in [0.5, 0.6) is 5.75 Å². The number of hydrogen-bond acceptors (Lipinski definition) is 7. The summed E-state index contributed by atoms with van der Waals surface area (Å²) in [6.07, 6.45) is 2.53. The molecule has 1 aliphatic carbocycles. The topological polar surface area (TPSA) is 106 Å². The van der Waals surface area contributed by atoms with E-state index in [0.717, 1.165) is 33.8 Å². The van der Waals surface area contributed by atoms with E-state index in [-0.39, 0.29) is 0 Å². The molecule has 0 spiro atoms. The molecule has 134 valence electrons. The molecule has 1 heterocycles. The molecular weight excluding hydrogens is 330 g/mol. The number of nitrogen functional groups attached to an aromatic ring is 1. The van der Waals surface area contributed by atoms with Crippen LogP contribution in [0.15, 0.2) is 29.7 Å². The van der Waals surface area contributed by atoms with Gasteiger partial charge in [-0.3, -0.25) is 0 Å². The van der Waals surface area contributed by atoms with Crippen LogP contribution in [0, 0.1) is 11.3 Å². The Bertz CT molecular complexity index is 899. The van der Waals surface area contributed by atoms with Gasteiger partial charge in [0.25, 0.3) is 0 Å². The maximum Gasteiger partial charge on any atom is 0.131 e. The highest BCUT2D eigenvalue weighted by atomic mass is 16.6. The van der Waals surface area contributed by atoms with Crippen LogP contribution in [0.3, 0.4) is 0 Å². The third kappa shape index (κ3) is 2.94. The number of rotatable bonds is 5. The molecule has 2 aromatic rings. The molecule has 0 unspecified atom stereocenters. The zero-order valence-corrected chi connectivity index (χ0v) is 15.1. The van der Waals surface area contributed by atoms with E-state index < -0.39 is 5.41 Å². The molecule has 1 aromatic heterocycles. The third-order valence-electron chi connectivity index (χ3n) is 4.51. The van der Waals surface area contributed by atoms with Crippen LogP contribution < -0.4 is 10.5 Å². The lowest BCUT2D eigenvalue weighted by Gasteiger charge is -2.34. The van der Waals surface area contributed by atoms with Gasteiger partial charge >= 0.3 is 0 Å². The van der Waals surface area contributed by atoms with Gasteiger partial charge < -0.3 is 15.3 Å². The van der Waals surface area contributed by atoms with Gasteiger partial charge in [0.1, 0.15) is 24.5 Å². The Kier molecular flexibility index (Phi) is 4.76. The lowest BCUT2D eigenvalue weighted by molar-refractivity contribution is 0.141. The van der Waals surface area contributed by atoms with Crippen LogP contribution >= 0.6 is 0 Å². The fourth-order valence-corrected chi connectivity index (χ4v) is 3.22. The van der Waals surface area contributed by atoms with Gasteiger partial charge in [-0.05, 0) is 38.5 Å². The molecule has 0 amide bonds. The van der Waals surface area contributed by atoms with Crippen molar-refractivity contribution in [2.45, 2.75) is 32.1 Å². The van der Waals surface area contributed by atoms with Gasteiger partial charge in [-0.15, -0.1) is 0 Å². The van der Waals surface area contributed by atoms with Gasteiger partial charge in [0, 0.05) is 28.5 Å². The third-order valence-corrected chi connectivity index (χ3v) is 4.51. The van der Waals surface area contributed by atoms with Gasteiger partial charge in [0.2, 0.25) is 0 Å². The van der Waals surface area contributed by atoms with Crippen LogP contribution in [-0.2, 0) is 10.3 Å². The van der Waals surface area contributed by atoms with Crippen molar-refractivity contribution in [1.29, 1.82) is 5.26 Å². The smallest absolute Gasteiger partial charge is 0.131 e. The van der Waals surface area contributed by atoms with Gasteiger partial charge in [-0.2, -0.15) is 5.26 Å². The van der Waals surface area contributed by atoms with Crippen molar-refractivity contribution in [2.75, 3.05) is 19.5 Å². The molecule has 1 aliphatic rings. The van der Waals surface area contributed by atoms with Gasteiger partial charge in [-0.25, -0.2) is 9.97 Å². The van der Waals surface area contributed by atoms with Gasteiger partial charge in [0.05, 0.1) is 24.6 Å². The summed E-state index contributed by atoms with van der Waals surface area (Å²) < 4.78 is 5.38. The highest BCUT2D eigenvalue weighted by Crippen LogP contribution is 2.45. The second-order valence-electron chi connectivity index (χ2n) is 6.55. The molecule has 0 bridgehead atoms. The second-order valence-corrected chi connectivity index (χ2v) is 6.55. The first-order valence-electron chi connectivity index (χ1n) is 8.37. The summed E-state index contributed by atoms with van der Waals surface area (Å²) in [5, 5.41) is 13.0. The fourth-order valence-electron chi connectivity index (χ4n) is 3.22. The molecule has 7 nitrogen and oxygen atoms in total. The van der Waals surface area contributed by atoms with Crippen LogP contribution in [0.25, 0.3) is 11.3 Å². The maximum atomic E-state index is 8.64. The minimum absolute atomic E-state index is 0.375. The number of aromatic nitrogens is 2. The maximum absolute atomic E-state index is 8.64. The number of unbranched alkanes of at least 4 members (excludes halogenated alkanes) is 1. The van der Waals surface area contributed by atoms with Crippen molar-refractivity contribution < 1.29 is 9.57 Å². The van der Waals surface area contributed by atoms with Crippen LogP contribution in [0.4, 0.5) is 5.82 Å². The standard InChI is InChI=1S/C19H21N5O2/c1-19(2)15-16(22-11-23-18(15)21)13-7-6-12(25-3)10-14(13)17(19)24-26-9-5-4-8-20/h6-7,10-11H,4-5,9H2,1-3H3,(H2,21,22,23)/b24-17+. The van der Waals surface area contributed by atoms with E-state index in [1.54, 1.807) is 7.11 Å². The van der Waals surface area contributed by atoms with E-state index in [9.17, 15) is 0 Å². The predicted molar refractivity (Wildman–Crippen MR) is 98.8 cm³/mol. The average Bonchev–Trinajstić information content (AvgIpc) is 2.63. The number of fused-ring (bicyclic) bond motifs is 3. The van der Waals surface area contributed by atoms with Crippen molar-refractivity contribution in [3.63, 3.8) is 0 Å². The van der Waals surface area contributed by atoms with E-state index in [4.69, 9.17) is 20.6 Å². The molecule has 0 fully saturated rings. The number of nitriles is 1. The number of methoxy groups -OCH3 is 1. The van der Waals surface area contributed by atoms with Crippen molar-refractivity contribution in [1.82, 2.24) is 9.97 Å². The summed E-state index contributed by atoms with van der Waals surface area (Å²) in [4.78, 5) is 14.1. The number of hydrogen-bond donors (Lipinski definition) is 1. The lowest BCUT2D eigenvalue weighted by atomic mass is 9.70. The summed E-state index contributed by atoms with van der Waals surface area (Å²) in [5.74, 6) is 1.15. The van der Waals surface area contributed by atoms with E-state index >= 15 is 0 Å². The number of oxime groups is 1. The van der Waals surface area contributed by atoms with E-state index in [2.05, 4.69) is 21.2 Å². The molecule has 0 aliphatic heterocycles. The normalized spacial score (nSPS) is 15.7. The molecule has 7 heteroatoms. The first-order chi connectivity index (χ1) is 12.5. The summed E-state index contributed by atoms with van der Waals surface area (Å²) in [5.41, 5.74) is 9.79. The zero-order chi connectivity index (χ0) is 18.7. The minimum atomic E-state index is -0.546. The van der Waals surface area contributed by atoms with Crippen molar-refractivity contribution in [3.8, 4) is 23.1 Å². The Balaban J connectivity index is 2.14. The van der Waals surface area contributed by atoms with E-state index in [1.807, 2.05) is 32.0 Å². The fraction of sp³-hybridized carbons (Fsp3) is 0.368. The Morgan fingerprint density at radius 3 is 2.81 bits per heavy atom. The van der Waals surface area contributed by atoms with E-state index in [1.165, 1.54) is 6.33 Å². The van der Waals surface area contributed by atoms with Crippen LogP contribution in [-0.4, -0.2) is 29.4 Å². The predicted octanol–water partition coefficient (Wildman–Crippen LogP) is 3.05. The van der Waals surface area contributed by atoms with Crippen LogP contribution in [0.1, 0.15) is 37.8 Å². The SMILES string of the molecule is COc1ccc2c(c1)/C(=N\OCCCC#N)C(C)(C)c1c(N)ncnc1-2. The molecule has 0 saturated carbocycles. The quantitative estimate of drug-likeness (QED) is 0.655. The monoisotopic (exact) mass is 351 g/mol. The molecule has 0 radical (unpaired) electrons. The van der Waals surface area contributed by atoms with Crippen molar-refractivity contribution >= 4 is 11.5 Å². The first kappa shape index (κ1) is 17.7. The zero-order valence-electron chi connectivity index (χ0n) is 15.1. The summed E-state index contributed by atoms with van der Waals surface area (Å²) in [7, 11) is 1.62. The average molecular weight is 351 g/mol. The Morgan fingerprint density at radius 1 is 1.27 bits per heavy atom. The molecule has 26 heavy (non-hydrogen) atoms. The minimum Gasteiger partial charge on any atom is -0.497 e. The van der Waals surface area contributed by atoms with E-state index in [0.29, 0.717) is 25.3 Å². The van der Waals surface area contributed by atoms with Crippen molar-refractivity contribution in [3.05, 3.63) is 35.7 Å². The number of ether oxygens (including phenoxy) is 1. The number of anilines is 1. The Labute approximate surface area is 152 Å². The number of nitrogens with zero attached hydrogens (tertiary/aromatic N) is 4. The number of nitrogens with two attached hydrogens (primary N) is 1. The highest BCUT2D eigenvalue weighted by Gasteiger charge is 2.40. The lowest BCUT2D eigenvalue weighted by Crippen LogP contribution is -2.36.